The molecule has 0 aromatic heterocycles. The van der Waals surface area contributed by atoms with Gasteiger partial charge in [-0.25, -0.2) is 13.2 Å². The minimum Gasteiger partial charge on any atom is -0.508 e. The molecule has 10 nitrogen and oxygen atoms in total. The van der Waals surface area contributed by atoms with Crippen LogP contribution < -0.4 is 19.9 Å². The summed E-state index contributed by atoms with van der Waals surface area (Å²) < 4.78 is 52.1. The molecular weight excluding hydrogens is 772 g/mol. The molecule has 0 bridgehead atoms. The number of rotatable bonds is 7. The zero-order chi connectivity index (χ0) is 41.3. The summed E-state index contributed by atoms with van der Waals surface area (Å²) in [6.07, 6.45) is 4.76. The van der Waals surface area contributed by atoms with Crippen molar-refractivity contribution in [1.29, 1.82) is 0 Å². The molecule has 1 unspecified atom stereocenters. The van der Waals surface area contributed by atoms with Crippen molar-refractivity contribution in [2.24, 2.45) is 11.3 Å². The van der Waals surface area contributed by atoms with E-state index >= 15 is 13.2 Å². The molecule has 3 amide bonds. The molecule has 4 fully saturated rings. The van der Waals surface area contributed by atoms with Gasteiger partial charge in [-0.2, -0.15) is 0 Å². The zero-order valence-electron chi connectivity index (χ0n) is 33.2. The third kappa shape index (κ3) is 6.86. The van der Waals surface area contributed by atoms with E-state index in [1.54, 1.807) is 23.1 Å². The van der Waals surface area contributed by atoms with Gasteiger partial charge in [0.25, 0.3) is 5.91 Å². The Labute approximate surface area is 346 Å². The first-order valence-corrected chi connectivity index (χ1v) is 21.0. The largest absolute Gasteiger partial charge is 0.508 e. The van der Waals surface area contributed by atoms with Crippen LogP contribution in [0.15, 0.2) is 72.8 Å². The minimum atomic E-state index is -0.734. The first-order valence-electron chi connectivity index (χ1n) is 21.0. The summed E-state index contributed by atoms with van der Waals surface area (Å²) in [5.41, 5.74) is 4.96. The number of aromatic hydroxyl groups is 1. The summed E-state index contributed by atoms with van der Waals surface area (Å²) in [7, 11) is 0. The minimum absolute atomic E-state index is 0.00932. The van der Waals surface area contributed by atoms with Gasteiger partial charge in [-0.1, -0.05) is 12.1 Å². The van der Waals surface area contributed by atoms with Crippen LogP contribution in [0, 0.1) is 28.8 Å². The molecule has 60 heavy (non-hydrogen) atoms. The van der Waals surface area contributed by atoms with Crippen molar-refractivity contribution >= 4 is 40.2 Å². The number of carbonyl (C=O) groups is 3. The third-order valence-corrected chi connectivity index (χ3v) is 13.7. The fourth-order valence-electron chi connectivity index (χ4n) is 10.4. The van der Waals surface area contributed by atoms with Crippen LogP contribution in [0.25, 0.3) is 11.1 Å². The van der Waals surface area contributed by atoms with Crippen LogP contribution in [0.1, 0.15) is 71.1 Å². The Kier molecular flexibility index (Phi) is 9.61. The van der Waals surface area contributed by atoms with Crippen LogP contribution in [-0.2, 0) is 16.1 Å². The Morgan fingerprint density at radius 1 is 0.800 bits per heavy atom. The second-order valence-electron chi connectivity index (χ2n) is 17.4. The number of benzene rings is 4. The Hall–Kier alpha value is -5.82. The summed E-state index contributed by atoms with van der Waals surface area (Å²) in [4.78, 5) is 45.9. The van der Waals surface area contributed by atoms with Gasteiger partial charge in [0.1, 0.15) is 41.6 Å². The van der Waals surface area contributed by atoms with E-state index in [4.69, 9.17) is 4.74 Å². The predicted octanol–water partition coefficient (Wildman–Crippen LogP) is 6.74. The van der Waals surface area contributed by atoms with Gasteiger partial charge < -0.3 is 29.4 Å². The van der Waals surface area contributed by atoms with Crippen LogP contribution in [-0.4, -0.2) is 91.1 Å². The summed E-state index contributed by atoms with van der Waals surface area (Å²) in [5, 5.41) is 12.5. The average Bonchev–Trinajstić information content (AvgIpc) is 3.55. The maximum absolute atomic E-state index is 16.1. The fourth-order valence-corrected chi connectivity index (χ4v) is 10.4. The van der Waals surface area contributed by atoms with Crippen molar-refractivity contribution in [3.05, 3.63) is 118 Å². The predicted molar refractivity (Wildman–Crippen MR) is 220 cm³/mol. The van der Waals surface area contributed by atoms with Crippen molar-refractivity contribution in [2.45, 2.75) is 51.1 Å². The van der Waals surface area contributed by atoms with Crippen molar-refractivity contribution in [3.8, 4) is 11.5 Å². The second kappa shape index (κ2) is 15.0. The Bertz CT molecular complexity index is 2430. The Morgan fingerprint density at radius 3 is 2.28 bits per heavy atom. The molecule has 1 atom stereocenters. The fraction of sp³-hybridized carbons (Fsp3) is 0.383. The number of phenolic OH excluding ortho intramolecular Hbond substituents is 1. The molecule has 310 valence electrons. The van der Waals surface area contributed by atoms with Gasteiger partial charge in [-0.3, -0.25) is 19.7 Å². The van der Waals surface area contributed by atoms with E-state index in [0.717, 1.165) is 82.7 Å². The molecule has 0 aliphatic carbocycles. The van der Waals surface area contributed by atoms with Crippen LogP contribution in [0.5, 0.6) is 11.5 Å². The Balaban J connectivity index is 0.738. The van der Waals surface area contributed by atoms with Gasteiger partial charge in [-0.05, 0) is 117 Å². The van der Waals surface area contributed by atoms with Crippen LogP contribution in [0.2, 0.25) is 0 Å². The summed E-state index contributed by atoms with van der Waals surface area (Å²) in [6, 6.07) is 18.6. The average molecular weight is 818 g/mol. The number of piperidine rings is 3. The molecule has 2 N–H and O–H groups in total. The van der Waals surface area contributed by atoms with E-state index in [1.807, 2.05) is 12.1 Å². The number of hydrogen-bond acceptors (Lipinski definition) is 8. The first-order chi connectivity index (χ1) is 29.0. The number of nitrogens with one attached hydrogen (secondary N) is 1. The molecule has 4 saturated heterocycles. The van der Waals surface area contributed by atoms with E-state index in [9.17, 15) is 19.5 Å². The van der Waals surface area contributed by atoms with Gasteiger partial charge in [0.05, 0.1) is 11.3 Å². The molecule has 4 aromatic rings. The number of hydrogen-bond donors (Lipinski definition) is 2. The van der Waals surface area contributed by atoms with Crippen LogP contribution >= 0.6 is 0 Å². The number of likely N-dealkylation sites (tertiary alicyclic amines) is 1. The molecule has 6 heterocycles. The van der Waals surface area contributed by atoms with Gasteiger partial charge in [-0.15, -0.1) is 0 Å². The summed E-state index contributed by atoms with van der Waals surface area (Å²) in [6.45, 7) is 6.78. The topological polar surface area (TPSA) is 106 Å². The number of halogens is 3. The van der Waals surface area contributed by atoms with Crippen molar-refractivity contribution in [3.63, 3.8) is 0 Å². The van der Waals surface area contributed by atoms with E-state index in [-0.39, 0.29) is 47.1 Å². The summed E-state index contributed by atoms with van der Waals surface area (Å²) >= 11 is 0. The third-order valence-electron chi connectivity index (χ3n) is 13.7. The molecular formula is C47H46F3N5O5. The molecule has 13 heteroatoms. The molecule has 0 saturated carbocycles. The number of phenols is 1. The zero-order valence-corrected chi connectivity index (χ0v) is 33.2. The maximum Gasteiger partial charge on any atom is 0.255 e. The highest BCUT2D eigenvalue weighted by molar-refractivity contribution is 6.06. The quantitative estimate of drug-likeness (QED) is 0.198. The van der Waals surface area contributed by atoms with E-state index in [1.165, 1.54) is 36.4 Å². The lowest BCUT2D eigenvalue weighted by atomic mass is 9.71. The van der Waals surface area contributed by atoms with Crippen LogP contribution in [0.3, 0.4) is 0 Å². The number of amides is 3. The van der Waals surface area contributed by atoms with Crippen LogP contribution in [0.4, 0.5) is 24.5 Å². The number of fused-ring (bicyclic) bond motifs is 2. The van der Waals surface area contributed by atoms with Gasteiger partial charge in [0, 0.05) is 85.1 Å². The van der Waals surface area contributed by atoms with Crippen molar-refractivity contribution < 1.29 is 37.4 Å². The van der Waals surface area contributed by atoms with E-state index < -0.39 is 29.4 Å². The monoisotopic (exact) mass is 817 g/mol. The van der Waals surface area contributed by atoms with E-state index in [0.29, 0.717) is 52.6 Å². The number of imide groups is 1. The normalized spacial score (nSPS) is 21.8. The highest BCUT2D eigenvalue weighted by Gasteiger charge is 2.46. The highest BCUT2D eigenvalue weighted by Crippen LogP contribution is 2.46. The number of ether oxygens (including phenoxy) is 1. The first kappa shape index (κ1) is 38.4. The maximum atomic E-state index is 16.1. The lowest BCUT2D eigenvalue weighted by Gasteiger charge is -2.55. The standard InChI is InChI=1S/C47H46F3N5O5/c48-36-2-1-3-37(49)44(36)35-25-60-41-22-32(56)6-8-34(41)43(35)29-4-9-39(38(50)21-29)53-16-12-28(13-17-53)23-52-18-14-47(15-19-52)26-54(27-47)31-5-7-33-30(20-31)24-55(46(33)59)40-10-11-42(57)51-45(40)58/h1-9,20-22,28,40,56H,10-19,23-27H2,(H,51,57,58). The summed E-state index contributed by atoms with van der Waals surface area (Å²) in [5.74, 6) is -1.85. The molecule has 10 rings (SSSR count). The SMILES string of the molecule is O=C1CCC(N2Cc3cc(N4CC5(CCN(CC6CCN(c7ccc(C8=C(c9c(F)cccc9F)COc9cc(O)ccc98)cc7F)CC6)CC5)C4)ccc3C2=O)C(=O)N1. The molecule has 6 aliphatic rings. The molecule has 4 aromatic carbocycles. The van der Waals surface area contributed by atoms with E-state index in [2.05, 4.69) is 26.1 Å². The number of anilines is 2. The van der Waals surface area contributed by atoms with Crippen molar-refractivity contribution in [1.82, 2.24) is 15.1 Å². The second-order valence-corrected chi connectivity index (χ2v) is 17.4. The number of nitrogens with zero attached hydrogens (tertiary/aromatic N) is 4. The molecule has 0 radical (unpaired) electrons. The van der Waals surface area contributed by atoms with Gasteiger partial charge in [0.15, 0.2) is 0 Å². The highest BCUT2D eigenvalue weighted by atomic mass is 19.1. The number of carbonyl (C=O) groups excluding carboxylic acids is 3. The lowest BCUT2D eigenvalue weighted by Crippen LogP contribution is -2.60. The molecule has 1 spiro atoms. The van der Waals surface area contributed by atoms with Crippen molar-refractivity contribution in [2.75, 3.05) is 62.2 Å². The molecule has 6 aliphatic heterocycles. The van der Waals surface area contributed by atoms with Gasteiger partial charge in [0.2, 0.25) is 11.8 Å². The smallest absolute Gasteiger partial charge is 0.255 e. The Morgan fingerprint density at radius 2 is 1.55 bits per heavy atom. The lowest BCUT2D eigenvalue weighted by molar-refractivity contribution is -0.136. The van der Waals surface area contributed by atoms with Gasteiger partial charge >= 0.3 is 0 Å².